The minimum Gasteiger partial charge on any atom is -0.466 e. The maximum atomic E-state index is 12.0. The van der Waals surface area contributed by atoms with Gasteiger partial charge in [0.05, 0.1) is 13.0 Å². The number of rotatable bonds is 5. The van der Waals surface area contributed by atoms with Crippen molar-refractivity contribution in [2.75, 3.05) is 20.2 Å². The molecule has 0 unspecified atom stereocenters. The summed E-state index contributed by atoms with van der Waals surface area (Å²) in [6, 6.07) is 7.33. The Morgan fingerprint density at radius 2 is 1.89 bits per heavy atom. The van der Waals surface area contributed by atoms with Gasteiger partial charge >= 0.3 is 5.97 Å². The maximum absolute atomic E-state index is 12.0. The summed E-state index contributed by atoms with van der Waals surface area (Å²) in [6.07, 6.45) is 0.223. The molecule has 0 atom stereocenters. The van der Waals surface area contributed by atoms with Crippen LogP contribution < -0.4 is 0 Å². The molecular weight excluding hydrogens is 345 g/mol. The predicted octanol–water partition coefficient (Wildman–Crippen LogP) is 2.32. The lowest BCUT2D eigenvalue weighted by Gasteiger charge is -2.16. The summed E-state index contributed by atoms with van der Waals surface area (Å²) in [5, 5.41) is 0. The Morgan fingerprint density at radius 3 is 2.44 bits per heavy atom. The van der Waals surface area contributed by atoms with Gasteiger partial charge in [0.2, 0.25) is 0 Å². The van der Waals surface area contributed by atoms with Gasteiger partial charge in [-0.25, -0.2) is 0 Å². The fourth-order valence-corrected chi connectivity index (χ4v) is 1.77. The van der Waals surface area contributed by atoms with Crippen molar-refractivity contribution in [1.29, 1.82) is 0 Å². The Bertz CT molecular complexity index is 417. The Hall–Kier alpha value is -1.11. The number of nitrogens with zero attached hydrogens (tertiary/aromatic N) is 1. The van der Waals surface area contributed by atoms with Crippen LogP contribution in [0.5, 0.6) is 0 Å². The zero-order valence-corrected chi connectivity index (χ0v) is 12.6. The molecule has 18 heavy (non-hydrogen) atoms. The van der Waals surface area contributed by atoms with Crippen LogP contribution in [0.4, 0.5) is 0 Å². The van der Waals surface area contributed by atoms with Gasteiger partial charge < -0.3 is 9.64 Å². The van der Waals surface area contributed by atoms with Crippen LogP contribution in [0.1, 0.15) is 23.7 Å². The standard InChI is InChI=1S/C13H16INO3/c1-3-18-12(16)8-9-15(2)13(17)10-4-6-11(14)7-5-10/h4-7H,3,8-9H2,1-2H3. The first-order chi connectivity index (χ1) is 8.54. The van der Waals surface area contributed by atoms with E-state index >= 15 is 0 Å². The summed E-state index contributed by atoms with van der Waals surface area (Å²) in [5.41, 5.74) is 0.627. The van der Waals surface area contributed by atoms with E-state index in [4.69, 9.17) is 4.74 Å². The van der Waals surface area contributed by atoms with Gasteiger partial charge in [-0.05, 0) is 53.8 Å². The van der Waals surface area contributed by atoms with Crippen molar-refractivity contribution in [3.63, 3.8) is 0 Å². The van der Waals surface area contributed by atoms with Crippen LogP contribution in [0.3, 0.4) is 0 Å². The van der Waals surface area contributed by atoms with Gasteiger partial charge in [-0.2, -0.15) is 0 Å². The Balaban J connectivity index is 2.51. The number of benzene rings is 1. The lowest BCUT2D eigenvalue weighted by Crippen LogP contribution is -2.29. The van der Waals surface area contributed by atoms with Crippen LogP contribution in [-0.4, -0.2) is 37.0 Å². The van der Waals surface area contributed by atoms with Gasteiger partial charge in [0.15, 0.2) is 0 Å². The van der Waals surface area contributed by atoms with Crippen LogP contribution in [0, 0.1) is 3.57 Å². The van der Waals surface area contributed by atoms with Crippen molar-refractivity contribution in [1.82, 2.24) is 4.90 Å². The molecule has 0 saturated heterocycles. The molecular formula is C13H16INO3. The van der Waals surface area contributed by atoms with Gasteiger partial charge in [-0.15, -0.1) is 0 Å². The zero-order chi connectivity index (χ0) is 13.5. The number of amides is 1. The summed E-state index contributed by atoms with van der Waals surface area (Å²) < 4.78 is 5.90. The largest absolute Gasteiger partial charge is 0.466 e. The quantitative estimate of drug-likeness (QED) is 0.597. The van der Waals surface area contributed by atoms with E-state index in [2.05, 4.69) is 22.6 Å². The second-order valence-electron chi connectivity index (χ2n) is 3.79. The summed E-state index contributed by atoms with van der Waals surface area (Å²) in [4.78, 5) is 24.7. The van der Waals surface area contributed by atoms with Crippen LogP contribution in [0.25, 0.3) is 0 Å². The van der Waals surface area contributed by atoms with E-state index in [1.54, 1.807) is 26.1 Å². The molecule has 0 fully saturated rings. The topological polar surface area (TPSA) is 46.6 Å². The highest BCUT2D eigenvalue weighted by Crippen LogP contribution is 2.09. The maximum Gasteiger partial charge on any atom is 0.307 e. The number of hydrogen-bond donors (Lipinski definition) is 0. The Kier molecular flexibility index (Phi) is 6.11. The van der Waals surface area contributed by atoms with Gasteiger partial charge in [-0.3, -0.25) is 9.59 Å². The first kappa shape index (κ1) is 14.9. The second-order valence-corrected chi connectivity index (χ2v) is 5.03. The van der Waals surface area contributed by atoms with Crippen LogP contribution in [-0.2, 0) is 9.53 Å². The lowest BCUT2D eigenvalue weighted by atomic mass is 10.2. The van der Waals surface area contributed by atoms with Gasteiger partial charge in [0.1, 0.15) is 0 Å². The monoisotopic (exact) mass is 361 g/mol. The normalized spacial score (nSPS) is 9.94. The van der Waals surface area contributed by atoms with Gasteiger partial charge in [0.25, 0.3) is 5.91 Å². The molecule has 0 spiro atoms. The first-order valence-electron chi connectivity index (χ1n) is 5.71. The fraction of sp³-hybridized carbons (Fsp3) is 0.385. The van der Waals surface area contributed by atoms with Crippen LogP contribution in [0.2, 0.25) is 0 Å². The molecule has 0 aromatic heterocycles. The molecule has 0 N–H and O–H groups in total. The molecule has 5 heteroatoms. The molecule has 0 radical (unpaired) electrons. The van der Waals surface area contributed by atoms with Crippen molar-refractivity contribution >= 4 is 34.5 Å². The van der Waals surface area contributed by atoms with Crippen LogP contribution >= 0.6 is 22.6 Å². The van der Waals surface area contributed by atoms with Gasteiger partial charge in [0, 0.05) is 22.7 Å². The van der Waals surface area contributed by atoms with Crippen molar-refractivity contribution < 1.29 is 14.3 Å². The number of esters is 1. The van der Waals surface area contributed by atoms with E-state index in [0.29, 0.717) is 18.7 Å². The lowest BCUT2D eigenvalue weighted by molar-refractivity contribution is -0.143. The third-order valence-electron chi connectivity index (χ3n) is 2.39. The van der Waals surface area contributed by atoms with Crippen molar-refractivity contribution in [2.24, 2.45) is 0 Å². The van der Waals surface area contributed by atoms with Crippen molar-refractivity contribution in [2.45, 2.75) is 13.3 Å². The van der Waals surface area contributed by atoms with Crippen molar-refractivity contribution in [3.05, 3.63) is 33.4 Å². The summed E-state index contributed by atoms with van der Waals surface area (Å²) >= 11 is 2.19. The average molecular weight is 361 g/mol. The molecule has 0 saturated carbocycles. The van der Waals surface area contributed by atoms with E-state index in [9.17, 15) is 9.59 Å². The summed E-state index contributed by atoms with van der Waals surface area (Å²) in [6.45, 7) is 2.50. The van der Waals surface area contributed by atoms with Crippen LogP contribution in [0.15, 0.2) is 24.3 Å². The molecule has 1 amide bonds. The molecule has 1 aromatic rings. The molecule has 0 bridgehead atoms. The third kappa shape index (κ3) is 4.64. The Labute approximate surface area is 120 Å². The Morgan fingerprint density at radius 1 is 1.28 bits per heavy atom. The van der Waals surface area contributed by atoms with Crippen molar-refractivity contribution in [3.8, 4) is 0 Å². The third-order valence-corrected chi connectivity index (χ3v) is 3.11. The molecule has 0 heterocycles. The molecule has 1 rings (SSSR count). The number of halogens is 1. The predicted molar refractivity (Wildman–Crippen MR) is 77.4 cm³/mol. The smallest absolute Gasteiger partial charge is 0.307 e. The molecule has 0 aliphatic heterocycles. The highest BCUT2D eigenvalue weighted by molar-refractivity contribution is 14.1. The molecule has 1 aromatic carbocycles. The molecule has 0 aliphatic rings. The summed E-state index contributed by atoms with van der Waals surface area (Å²) in [7, 11) is 1.68. The van der Waals surface area contributed by atoms with E-state index in [1.165, 1.54) is 4.90 Å². The average Bonchev–Trinajstić information content (AvgIpc) is 2.36. The minimum absolute atomic E-state index is 0.0873. The zero-order valence-electron chi connectivity index (χ0n) is 10.5. The highest BCUT2D eigenvalue weighted by atomic mass is 127. The number of hydrogen-bond acceptors (Lipinski definition) is 3. The number of ether oxygens (including phenoxy) is 1. The highest BCUT2D eigenvalue weighted by Gasteiger charge is 2.13. The number of carbonyl (C=O) groups excluding carboxylic acids is 2. The summed E-state index contributed by atoms with van der Waals surface area (Å²) in [5.74, 6) is -0.365. The fourth-order valence-electron chi connectivity index (χ4n) is 1.41. The second kappa shape index (κ2) is 7.35. The van der Waals surface area contributed by atoms with E-state index in [0.717, 1.165) is 3.57 Å². The molecule has 4 nitrogen and oxygen atoms in total. The van der Waals surface area contributed by atoms with Gasteiger partial charge in [-0.1, -0.05) is 0 Å². The van der Waals surface area contributed by atoms with E-state index in [-0.39, 0.29) is 18.3 Å². The molecule has 0 aliphatic carbocycles. The molecule has 98 valence electrons. The van der Waals surface area contributed by atoms with E-state index in [1.807, 2.05) is 12.1 Å². The number of carbonyl (C=O) groups is 2. The SMILES string of the molecule is CCOC(=O)CCN(C)C(=O)c1ccc(I)cc1. The first-order valence-corrected chi connectivity index (χ1v) is 6.79. The minimum atomic E-state index is -0.278. The van der Waals surface area contributed by atoms with E-state index < -0.39 is 0 Å².